The second-order valence-corrected chi connectivity index (χ2v) is 4.09. The van der Waals surface area contributed by atoms with E-state index in [9.17, 15) is 19.3 Å². The molecular formula is C12H15FN2O4. The zero-order valence-electron chi connectivity index (χ0n) is 10.5. The fourth-order valence-electron chi connectivity index (χ4n) is 1.69. The molecule has 7 heteroatoms. The minimum Gasteiger partial charge on any atom is -0.481 e. The lowest BCUT2D eigenvalue weighted by molar-refractivity contribution is -0.385. The Morgan fingerprint density at radius 3 is 2.68 bits per heavy atom. The molecule has 1 aromatic carbocycles. The van der Waals surface area contributed by atoms with Gasteiger partial charge >= 0.3 is 5.97 Å². The summed E-state index contributed by atoms with van der Waals surface area (Å²) in [5.74, 6) is -1.58. The molecular weight excluding hydrogens is 255 g/mol. The monoisotopic (exact) mass is 270 g/mol. The van der Waals surface area contributed by atoms with Gasteiger partial charge in [-0.3, -0.25) is 19.8 Å². The van der Waals surface area contributed by atoms with Crippen LogP contribution in [0.25, 0.3) is 0 Å². The van der Waals surface area contributed by atoms with Crippen molar-refractivity contribution in [3.8, 4) is 0 Å². The van der Waals surface area contributed by atoms with E-state index in [1.807, 2.05) is 6.92 Å². The predicted octanol–water partition coefficient (Wildman–Crippen LogP) is 2.03. The molecule has 0 spiro atoms. The maximum Gasteiger partial charge on any atom is 0.304 e. The molecule has 6 nitrogen and oxygen atoms in total. The van der Waals surface area contributed by atoms with E-state index < -0.39 is 16.7 Å². The molecule has 0 fully saturated rings. The van der Waals surface area contributed by atoms with Gasteiger partial charge in [0.1, 0.15) is 5.82 Å². The summed E-state index contributed by atoms with van der Waals surface area (Å²) in [5, 5.41) is 19.2. The molecule has 1 rings (SSSR count). The summed E-state index contributed by atoms with van der Waals surface area (Å²) >= 11 is 0. The Hall–Kier alpha value is -2.02. The molecule has 104 valence electrons. The lowest BCUT2D eigenvalue weighted by atomic mass is 10.1. The van der Waals surface area contributed by atoms with Crippen LogP contribution in [0, 0.1) is 15.9 Å². The average Bonchev–Trinajstić information content (AvgIpc) is 2.33. The summed E-state index contributed by atoms with van der Waals surface area (Å²) < 4.78 is 13.2. The number of aliphatic carboxylic acids is 1. The maximum absolute atomic E-state index is 13.2. The van der Waals surface area contributed by atoms with E-state index in [1.165, 1.54) is 12.1 Å². The number of hydrogen-bond acceptors (Lipinski definition) is 4. The van der Waals surface area contributed by atoms with Gasteiger partial charge in [-0.15, -0.1) is 0 Å². The molecule has 0 heterocycles. The van der Waals surface area contributed by atoms with Crippen molar-refractivity contribution >= 4 is 11.7 Å². The molecule has 0 bridgehead atoms. The average molecular weight is 270 g/mol. The molecule has 0 aromatic heterocycles. The molecule has 0 aliphatic heterocycles. The number of hydrogen-bond donors (Lipinski definition) is 1. The molecule has 0 saturated heterocycles. The van der Waals surface area contributed by atoms with Gasteiger partial charge in [0.05, 0.1) is 17.4 Å². The number of benzene rings is 1. The quantitative estimate of drug-likeness (QED) is 0.605. The highest BCUT2D eigenvalue weighted by molar-refractivity contribution is 5.66. The van der Waals surface area contributed by atoms with Crippen molar-refractivity contribution < 1.29 is 19.2 Å². The summed E-state index contributed by atoms with van der Waals surface area (Å²) in [6, 6.07) is 3.37. The zero-order valence-corrected chi connectivity index (χ0v) is 10.5. The molecule has 19 heavy (non-hydrogen) atoms. The molecule has 0 aliphatic carbocycles. The van der Waals surface area contributed by atoms with Crippen molar-refractivity contribution in [3.05, 3.63) is 39.7 Å². The van der Waals surface area contributed by atoms with E-state index in [4.69, 9.17) is 5.11 Å². The highest BCUT2D eigenvalue weighted by Gasteiger charge is 2.12. The van der Waals surface area contributed by atoms with E-state index in [-0.39, 0.29) is 18.7 Å². The van der Waals surface area contributed by atoms with Crippen molar-refractivity contribution in [2.24, 2.45) is 0 Å². The molecule has 0 saturated carbocycles. The van der Waals surface area contributed by atoms with Gasteiger partial charge in [0.15, 0.2) is 0 Å². The van der Waals surface area contributed by atoms with E-state index in [2.05, 4.69) is 0 Å². The molecule has 0 atom stereocenters. The number of nitro groups is 1. The van der Waals surface area contributed by atoms with Gasteiger partial charge in [0.25, 0.3) is 5.69 Å². The third-order valence-corrected chi connectivity index (χ3v) is 2.65. The van der Waals surface area contributed by atoms with Gasteiger partial charge in [0, 0.05) is 19.2 Å². The van der Waals surface area contributed by atoms with Gasteiger partial charge in [-0.25, -0.2) is 4.39 Å². The number of carboxylic acids is 1. The van der Waals surface area contributed by atoms with Gasteiger partial charge < -0.3 is 5.11 Å². The summed E-state index contributed by atoms with van der Waals surface area (Å²) in [6.07, 6.45) is -0.0226. The van der Waals surface area contributed by atoms with Gasteiger partial charge in [0.2, 0.25) is 0 Å². The maximum atomic E-state index is 13.2. The van der Waals surface area contributed by atoms with Crippen LogP contribution in [0.3, 0.4) is 0 Å². The number of carbonyl (C=O) groups is 1. The first-order chi connectivity index (χ1) is 8.92. The number of nitro benzene ring substituents is 1. The normalized spacial score (nSPS) is 10.7. The van der Waals surface area contributed by atoms with Crippen LogP contribution in [0.4, 0.5) is 10.1 Å². The topological polar surface area (TPSA) is 83.7 Å². The van der Waals surface area contributed by atoms with E-state index in [1.54, 1.807) is 4.90 Å². The number of non-ortho nitro benzene ring substituents is 1. The number of rotatable bonds is 7. The van der Waals surface area contributed by atoms with Crippen molar-refractivity contribution in [2.45, 2.75) is 19.9 Å². The molecule has 0 radical (unpaired) electrons. The van der Waals surface area contributed by atoms with Crippen molar-refractivity contribution in [2.75, 3.05) is 13.1 Å². The van der Waals surface area contributed by atoms with Crippen LogP contribution in [0.1, 0.15) is 18.9 Å². The van der Waals surface area contributed by atoms with Gasteiger partial charge in [-0.2, -0.15) is 0 Å². The van der Waals surface area contributed by atoms with E-state index >= 15 is 0 Å². The minimum absolute atomic E-state index is 0.0226. The van der Waals surface area contributed by atoms with Crippen LogP contribution in [0.2, 0.25) is 0 Å². The number of halogens is 1. The predicted molar refractivity (Wildman–Crippen MR) is 66.3 cm³/mol. The largest absolute Gasteiger partial charge is 0.481 e. The Morgan fingerprint density at radius 1 is 1.47 bits per heavy atom. The van der Waals surface area contributed by atoms with Gasteiger partial charge in [-0.05, 0) is 18.2 Å². The number of nitrogens with zero attached hydrogens (tertiary/aromatic N) is 2. The zero-order chi connectivity index (χ0) is 14.4. The molecule has 1 N–H and O–H groups in total. The van der Waals surface area contributed by atoms with Crippen LogP contribution in [-0.4, -0.2) is 34.0 Å². The molecule has 0 aliphatic rings. The smallest absolute Gasteiger partial charge is 0.304 e. The molecule has 0 unspecified atom stereocenters. The Morgan fingerprint density at radius 2 is 2.16 bits per heavy atom. The Balaban J connectivity index is 2.78. The first kappa shape index (κ1) is 15.0. The highest BCUT2D eigenvalue weighted by Crippen LogP contribution is 2.17. The number of carboxylic acid groups (broad SMARTS) is 1. The SMILES string of the molecule is CCN(CCC(=O)O)Cc1cc(F)cc([N+](=O)[O-])c1. The van der Waals surface area contributed by atoms with Crippen molar-refractivity contribution in [1.29, 1.82) is 0 Å². The van der Waals surface area contributed by atoms with Crippen molar-refractivity contribution in [3.63, 3.8) is 0 Å². The van der Waals surface area contributed by atoms with Crippen LogP contribution in [0.5, 0.6) is 0 Å². The Labute approximate surface area is 109 Å². The molecule has 0 amide bonds. The fraction of sp³-hybridized carbons (Fsp3) is 0.417. The van der Waals surface area contributed by atoms with Crippen molar-refractivity contribution in [1.82, 2.24) is 4.90 Å². The van der Waals surface area contributed by atoms with Crippen LogP contribution >= 0.6 is 0 Å². The van der Waals surface area contributed by atoms with Crippen LogP contribution in [0.15, 0.2) is 18.2 Å². The standard InChI is InChI=1S/C12H15FN2O4/c1-2-14(4-3-12(16)17)8-9-5-10(13)7-11(6-9)15(18)19/h5-7H,2-4,8H2,1H3,(H,16,17). The Kier molecular flexibility index (Phi) is 5.37. The summed E-state index contributed by atoms with van der Waals surface area (Å²) in [4.78, 5) is 22.2. The van der Waals surface area contributed by atoms with Crippen LogP contribution in [-0.2, 0) is 11.3 Å². The lowest BCUT2D eigenvalue weighted by Gasteiger charge is -2.19. The summed E-state index contributed by atoms with van der Waals surface area (Å²) in [5.41, 5.74) is 0.156. The summed E-state index contributed by atoms with van der Waals surface area (Å²) in [6.45, 7) is 3.02. The Bertz CT molecular complexity index is 479. The second kappa shape index (κ2) is 6.79. The second-order valence-electron chi connectivity index (χ2n) is 4.09. The summed E-state index contributed by atoms with van der Waals surface area (Å²) in [7, 11) is 0. The third kappa shape index (κ3) is 5.01. The highest BCUT2D eigenvalue weighted by atomic mass is 19.1. The van der Waals surface area contributed by atoms with Crippen LogP contribution < -0.4 is 0 Å². The fourth-order valence-corrected chi connectivity index (χ4v) is 1.69. The first-order valence-corrected chi connectivity index (χ1v) is 5.80. The molecule has 1 aromatic rings. The first-order valence-electron chi connectivity index (χ1n) is 5.80. The van der Waals surface area contributed by atoms with E-state index in [0.29, 0.717) is 18.7 Å². The third-order valence-electron chi connectivity index (χ3n) is 2.65. The van der Waals surface area contributed by atoms with Gasteiger partial charge in [-0.1, -0.05) is 6.92 Å². The van der Waals surface area contributed by atoms with E-state index in [0.717, 1.165) is 6.07 Å². The minimum atomic E-state index is -0.913. The lowest BCUT2D eigenvalue weighted by Crippen LogP contribution is -2.25.